The average Bonchev–Trinajstić information content (AvgIpc) is 2.70. The van der Waals surface area contributed by atoms with Crippen LogP contribution in [-0.4, -0.2) is 26.4 Å². The van der Waals surface area contributed by atoms with Crippen LogP contribution in [0.1, 0.15) is 11.1 Å². The Morgan fingerprint density at radius 3 is 1.46 bits per heavy atom. The maximum absolute atomic E-state index is 5.39. The molecular formula is C24H22O2. The van der Waals surface area contributed by atoms with E-state index in [1.807, 2.05) is 85.0 Å². The summed E-state index contributed by atoms with van der Waals surface area (Å²) in [4.78, 5) is 0. The van der Waals surface area contributed by atoms with E-state index in [9.17, 15) is 0 Å². The third-order valence-corrected chi connectivity index (χ3v) is 3.24. The fourth-order valence-corrected chi connectivity index (χ4v) is 2.01. The van der Waals surface area contributed by atoms with Crippen molar-refractivity contribution >= 4 is 12.2 Å². The van der Waals surface area contributed by atoms with Gasteiger partial charge in [-0.2, -0.15) is 0 Å². The van der Waals surface area contributed by atoms with Gasteiger partial charge < -0.3 is 9.47 Å². The van der Waals surface area contributed by atoms with Crippen molar-refractivity contribution in [1.29, 1.82) is 0 Å². The van der Waals surface area contributed by atoms with Crippen LogP contribution < -0.4 is 0 Å². The van der Waals surface area contributed by atoms with Gasteiger partial charge in [0.05, 0.1) is 13.2 Å². The van der Waals surface area contributed by atoms with Gasteiger partial charge in [0.2, 0.25) is 0 Å². The van der Waals surface area contributed by atoms with E-state index in [0.29, 0.717) is 26.4 Å². The van der Waals surface area contributed by atoms with Gasteiger partial charge in [-0.3, -0.25) is 0 Å². The van der Waals surface area contributed by atoms with Crippen LogP contribution >= 0.6 is 0 Å². The quantitative estimate of drug-likeness (QED) is 0.521. The van der Waals surface area contributed by atoms with Crippen LogP contribution in [0.4, 0.5) is 0 Å². The van der Waals surface area contributed by atoms with E-state index in [0.717, 1.165) is 11.1 Å². The van der Waals surface area contributed by atoms with E-state index >= 15 is 0 Å². The van der Waals surface area contributed by atoms with Crippen molar-refractivity contribution in [2.75, 3.05) is 26.4 Å². The van der Waals surface area contributed by atoms with E-state index in [4.69, 9.17) is 9.47 Å². The van der Waals surface area contributed by atoms with E-state index < -0.39 is 0 Å². The third kappa shape index (κ3) is 9.30. The summed E-state index contributed by atoms with van der Waals surface area (Å²) in [5.74, 6) is 11.2. The van der Waals surface area contributed by atoms with Crippen molar-refractivity contribution in [3.63, 3.8) is 0 Å². The summed E-state index contributed by atoms with van der Waals surface area (Å²) < 4.78 is 10.8. The molecule has 130 valence electrons. The van der Waals surface area contributed by atoms with Gasteiger partial charge >= 0.3 is 0 Å². The second-order valence-electron chi connectivity index (χ2n) is 5.26. The normalized spacial score (nSPS) is 10.3. The average molecular weight is 342 g/mol. The minimum Gasteiger partial charge on any atom is -0.365 e. The molecule has 2 rings (SSSR count). The second-order valence-corrected chi connectivity index (χ2v) is 5.26. The van der Waals surface area contributed by atoms with Crippen molar-refractivity contribution in [3.05, 3.63) is 83.9 Å². The van der Waals surface area contributed by atoms with Gasteiger partial charge in [0.1, 0.15) is 13.2 Å². The van der Waals surface area contributed by atoms with Crippen LogP contribution in [0.5, 0.6) is 0 Å². The first-order valence-electron chi connectivity index (χ1n) is 8.49. The Labute approximate surface area is 156 Å². The lowest BCUT2D eigenvalue weighted by molar-refractivity contribution is 0.199. The summed E-state index contributed by atoms with van der Waals surface area (Å²) in [7, 11) is 0. The summed E-state index contributed by atoms with van der Waals surface area (Å²) >= 11 is 0. The highest BCUT2D eigenvalue weighted by atomic mass is 16.5. The van der Waals surface area contributed by atoms with Crippen LogP contribution in [0.25, 0.3) is 12.2 Å². The summed E-state index contributed by atoms with van der Waals surface area (Å²) in [5.41, 5.74) is 2.32. The molecule has 0 aliphatic heterocycles. The van der Waals surface area contributed by atoms with Crippen LogP contribution in [0, 0.1) is 23.7 Å². The Morgan fingerprint density at radius 2 is 1.04 bits per heavy atom. The molecule has 26 heavy (non-hydrogen) atoms. The number of benzene rings is 2. The summed E-state index contributed by atoms with van der Waals surface area (Å²) in [6.07, 6.45) is 7.99. The Kier molecular flexibility index (Phi) is 9.85. The van der Waals surface area contributed by atoms with E-state index in [-0.39, 0.29) is 0 Å². The van der Waals surface area contributed by atoms with Crippen molar-refractivity contribution in [2.24, 2.45) is 0 Å². The summed E-state index contributed by atoms with van der Waals surface area (Å²) in [6.45, 7) is 1.81. The predicted molar refractivity (Wildman–Crippen MR) is 108 cm³/mol. The topological polar surface area (TPSA) is 18.5 Å². The van der Waals surface area contributed by atoms with E-state index in [1.54, 1.807) is 0 Å². The third-order valence-electron chi connectivity index (χ3n) is 3.24. The highest BCUT2D eigenvalue weighted by Crippen LogP contribution is 2.01. The Morgan fingerprint density at radius 1 is 0.615 bits per heavy atom. The van der Waals surface area contributed by atoms with Crippen LogP contribution in [-0.2, 0) is 9.47 Å². The minimum absolute atomic E-state index is 0.370. The number of ether oxygens (including phenoxy) is 2. The van der Waals surface area contributed by atoms with Crippen molar-refractivity contribution in [1.82, 2.24) is 0 Å². The number of hydrogen-bond acceptors (Lipinski definition) is 2. The monoisotopic (exact) mass is 342 g/mol. The van der Waals surface area contributed by atoms with E-state index in [2.05, 4.69) is 23.7 Å². The minimum atomic E-state index is 0.370. The molecule has 0 spiro atoms. The van der Waals surface area contributed by atoms with Gasteiger partial charge in [-0.25, -0.2) is 0 Å². The molecule has 0 N–H and O–H groups in total. The van der Waals surface area contributed by atoms with Gasteiger partial charge in [0.25, 0.3) is 0 Å². The SMILES string of the molecule is C(C#CCOC/C=C/c1ccccc1)#CCOC/C=C\c1ccccc1. The smallest absolute Gasteiger partial charge is 0.109 e. The lowest BCUT2D eigenvalue weighted by Crippen LogP contribution is -1.91. The van der Waals surface area contributed by atoms with Gasteiger partial charge in [-0.1, -0.05) is 96.8 Å². The number of hydrogen-bond donors (Lipinski definition) is 0. The lowest BCUT2D eigenvalue weighted by atomic mass is 10.2. The molecule has 0 aromatic heterocycles. The molecular weight excluding hydrogens is 320 g/mol. The zero-order valence-electron chi connectivity index (χ0n) is 14.7. The molecule has 0 amide bonds. The first-order valence-corrected chi connectivity index (χ1v) is 8.49. The second kappa shape index (κ2) is 13.3. The van der Waals surface area contributed by atoms with Crippen LogP contribution in [0.15, 0.2) is 72.8 Å². The molecule has 0 bridgehead atoms. The van der Waals surface area contributed by atoms with Gasteiger partial charge in [-0.15, -0.1) is 0 Å². The molecule has 0 radical (unpaired) electrons. The molecule has 2 heteroatoms. The first-order chi connectivity index (χ1) is 12.9. The van der Waals surface area contributed by atoms with Gasteiger partial charge in [0.15, 0.2) is 0 Å². The molecule has 0 saturated heterocycles. The highest BCUT2D eigenvalue weighted by molar-refractivity contribution is 5.49. The summed E-state index contributed by atoms with van der Waals surface area (Å²) in [6, 6.07) is 20.2. The molecule has 0 fully saturated rings. The molecule has 0 aliphatic carbocycles. The Hall–Kier alpha value is -3.04. The molecule has 0 heterocycles. The lowest BCUT2D eigenvalue weighted by Gasteiger charge is -1.93. The fraction of sp³-hybridized carbons (Fsp3) is 0.167. The van der Waals surface area contributed by atoms with Crippen LogP contribution in [0.2, 0.25) is 0 Å². The molecule has 0 unspecified atom stereocenters. The molecule has 2 nitrogen and oxygen atoms in total. The highest BCUT2D eigenvalue weighted by Gasteiger charge is 1.83. The van der Waals surface area contributed by atoms with Gasteiger partial charge in [-0.05, 0) is 23.0 Å². The molecule has 0 saturated carbocycles. The van der Waals surface area contributed by atoms with Crippen molar-refractivity contribution in [3.8, 4) is 23.7 Å². The zero-order chi connectivity index (χ0) is 18.1. The fourth-order valence-electron chi connectivity index (χ4n) is 2.01. The Balaban J connectivity index is 1.50. The van der Waals surface area contributed by atoms with E-state index in [1.165, 1.54) is 0 Å². The molecule has 0 atom stereocenters. The Bertz CT molecular complexity index is 726. The van der Waals surface area contributed by atoms with Crippen molar-refractivity contribution < 1.29 is 9.47 Å². The maximum atomic E-state index is 5.39. The summed E-state index contributed by atoms with van der Waals surface area (Å²) in [5, 5.41) is 0. The standard InChI is InChI=1S/C24H22O2/c1(9-19-25-21-11-17-23-13-5-3-6-14-23)2-10-20-26-22-12-18-24-15-7-4-8-16-24/h3-8,11-18H,19-22H2/b17-11-,18-12+. The molecule has 2 aromatic rings. The van der Waals surface area contributed by atoms with Gasteiger partial charge in [0, 0.05) is 0 Å². The molecule has 0 aliphatic rings. The van der Waals surface area contributed by atoms with Crippen LogP contribution in [0.3, 0.4) is 0 Å². The maximum Gasteiger partial charge on any atom is 0.109 e. The van der Waals surface area contributed by atoms with Crippen molar-refractivity contribution in [2.45, 2.75) is 0 Å². The number of rotatable bonds is 8. The predicted octanol–water partition coefficient (Wildman–Crippen LogP) is 4.45. The first kappa shape index (κ1) is 19.3. The molecule has 2 aromatic carbocycles. The zero-order valence-corrected chi connectivity index (χ0v) is 14.7. The largest absolute Gasteiger partial charge is 0.365 e.